The van der Waals surface area contributed by atoms with Crippen LogP contribution in [-0.4, -0.2) is 31.3 Å². The van der Waals surface area contributed by atoms with E-state index < -0.39 is 0 Å². The SMILES string of the molecule is [CH2-][NH2+]c1ccc(N2CCOCC2)nc1. The molecule has 0 bridgehead atoms. The van der Waals surface area contributed by atoms with Gasteiger partial charge in [0, 0.05) is 19.2 Å². The Balaban J connectivity index is 2.07. The fourth-order valence-corrected chi connectivity index (χ4v) is 1.50. The summed E-state index contributed by atoms with van der Waals surface area (Å²) in [5, 5.41) is 1.80. The molecule has 0 aromatic carbocycles. The third kappa shape index (κ3) is 2.02. The average molecular weight is 193 g/mol. The molecule has 2 rings (SSSR count). The molecule has 0 atom stereocenters. The van der Waals surface area contributed by atoms with E-state index in [0.717, 1.165) is 37.8 Å². The van der Waals surface area contributed by atoms with Gasteiger partial charge in [0.05, 0.1) is 19.4 Å². The number of quaternary nitrogens is 1. The number of pyridine rings is 1. The predicted molar refractivity (Wildman–Crippen MR) is 54.2 cm³/mol. The molecule has 0 radical (unpaired) electrons. The third-order valence-electron chi connectivity index (χ3n) is 2.34. The summed E-state index contributed by atoms with van der Waals surface area (Å²) in [5.41, 5.74) is 1.06. The van der Waals surface area contributed by atoms with Gasteiger partial charge in [-0.15, -0.1) is 7.05 Å². The zero-order chi connectivity index (χ0) is 9.80. The van der Waals surface area contributed by atoms with Crippen molar-refractivity contribution in [3.05, 3.63) is 25.4 Å². The molecule has 2 heterocycles. The second-order valence-corrected chi connectivity index (χ2v) is 3.25. The van der Waals surface area contributed by atoms with Crippen LogP contribution < -0.4 is 10.2 Å². The van der Waals surface area contributed by atoms with Gasteiger partial charge in [0.15, 0.2) is 0 Å². The molecule has 4 nitrogen and oxygen atoms in total. The van der Waals surface area contributed by atoms with E-state index in [0.29, 0.717) is 0 Å². The first-order valence-corrected chi connectivity index (χ1v) is 4.81. The van der Waals surface area contributed by atoms with E-state index in [-0.39, 0.29) is 0 Å². The quantitative estimate of drug-likeness (QED) is 0.667. The zero-order valence-electron chi connectivity index (χ0n) is 8.15. The number of anilines is 1. The Labute approximate surface area is 83.9 Å². The minimum atomic E-state index is 0.797. The minimum Gasteiger partial charge on any atom is -0.444 e. The van der Waals surface area contributed by atoms with Gasteiger partial charge in [0.25, 0.3) is 0 Å². The van der Waals surface area contributed by atoms with Crippen molar-refractivity contribution < 1.29 is 10.1 Å². The molecule has 1 aromatic heterocycles. The van der Waals surface area contributed by atoms with E-state index in [1.54, 1.807) is 5.32 Å². The fourth-order valence-electron chi connectivity index (χ4n) is 1.50. The summed E-state index contributed by atoms with van der Waals surface area (Å²) in [6.45, 7) is 3.46. The van der Waals surface area contributed by atoms with E-state index >= 15 is 0 Å². The average Bonchev–Trinajstić information content (AvgIpc) is 2.30. The molecule has 1 aliphatic rings. The van der Waals surface area contributed by atoms with Crippen molar-refractivity contribution in [2.24, 2.45) is 0 Å². The van der Waals surface area contributed by atoms with Crippen LogP contribution in [0.25, 0.3) is 0 Å². The van der Waals surface area contributed by atoms with E-state index in [2.05, 4.69) is 16.9 Å². The molecular formula is C10H15N3O. The topological polar surface area (TPSA) is 42.0 Å². The summed E-state index contributed by atoms with van der Waals surface area (Å²) in [4.78, 5) is 6.60. The van der Waals surface area contributed by atoms with Crippen molar-refractivity contribution in [2.75, 3.05) is 31.2 Å². The number of nitrogens with two attached hydrogens (primary N) is 1. The maximum atomic E-state index is 5.28. The first-order valence-electron chi connectivity index (χ1n) is 4.81. The van der Waals surface area contributed by atoms with Gasteiger partial charge >= 0.3 is 0 Å². The Morgan fingerprint density at radius 3 is 2.71 bits per heavy atom. The number of nitrogens with zero attached hydrogens (tertiary/aromatic N) is 2. The molecular weight excluding hydrogens is 178 g/mol. The number of aromatic nitrogens is 1. The predicted octanol–water partition coefficient (Wildman–Crippen LogP) is -0.0953. The molecule has 14 heavy (non-hydrogen) atoms. The summed E-state index contributed by atoms with van der Waals surface area (Å²) in [5.74, 6) is 1.03. The lowest BCUT2D eigenvalue weighted by atomic mass is 10.3. The largest absolute Gasteiger partial charge is 0.444 e. The molecule has 1 aromatic rings. The lowest BCUT2D eigenvalue weighted by Gasteiger charge is -2.27. The fraction of sp³-hybridized carbons (Fsp3) is 0.400. The van der Waals surface area contributed by atoms with Gasteiger partial charge in [-0.1, -0.05) is 0 Å². The highest BCUT2D eigenvalue weighted by Crippen LogP contribution is 2.12. The number of morpholine rings is 1. The zero-order valence-corrected chi connectivity index (χ0v) is 8.15. The van der Waals surface area contributed by atoms with Crippen LogP contribution in [0.2, 0.25) is 0 Å². The Bertz CT molecular complexity index is 280. The van der Waals surface area contributed by atoms with Crippen molar-refractivity contribution in [1.82, 2.24) is 4.98 Å². The highest BCUT2D eigenvalue weighted by Gasteiger charge is 2.11. The van der Waals surface area contributed by atoms with Crippen LogP contribution in [0, 0.1) is 7.05 Å². The van der Waals surface area contributed by atoms with E-state index in [4.69, 9.17) is 4.74 Å². The minimum absolute atomic E-state index is 0.797. The van der Waals surface area contributed by atoms with Crippen LogP contribution in [0.3, 0.4) is 0 Å². The van der Waals surface area contributed by atoms with Crippen LogP contribution in [0.1, 0.15) is 0 Å². The summed E-state index contributed by atoms with van der Waals surface area (Å²) in [6, 6.07) is 4.06. The molecule has 0 spiro atoms. The summed E-state index contributed by atoms with van der Waals surface area (Å²) in [7, 11) is 3.70. The van der Waals surface area contributed by atoms with Crippen LogP contribution in [0.5, 0.6) is 0 Å². The Hall–Kier alpha value is -1.13. The number of hydrogen-bond donors (Lipinski definition) is 1. The maximum Gasteiger partial charge on any atom is 0.129 e. The van der Waals surface area contributed by atoms with Crippen LogP contribution in [0.15, 0.2) is 18.3 Å². The highest BCUT2D eigenvalue weighted by molar-refractivity contribution is 5.42. The monoisotopic (exact) mass is 193 g/mol. The van der Waals surface area contributed by atoms with Gasteiger partial charge in [0.1, 0.15) is 11.5 Å². The van der Waals surface area contributed by atoms with Crippen molar-refractivity contribution in [2.45, 2.75) is 0 Å². The second-order valence-electron chi connectivity index (χ2n) is 3.25. The first-order chi connectivity index (χ1) is 6.90. The van der Waals surface area contributed by atoms with Gasteiger partial charge in [-0.05, 0) is 6.07 Å². The Kier molecular flexibility index (Phi) is 2.96. The van der Waals surface area contributed by atoms with E-state index in [1.165, 1.54) is 0 Å². The van der Waals surface area contributed by atoms with Gasteiger partial charge in [-0.3, -0.25) is 0 Å². The molecule has 0 unspecified atom stereocenters. The third-order valence-corrected chi connectivity index (χ3v) is 2.34. The molecule has 4 heteroatoms. The molecule has 1 saturated heterocycles. The first kappa shape index (κ1) is 9.43. The number of ether oxygens (including phenoxy) is 1. The lowest BCUT2D eigenvalue weighted by molar-refractivity contribution is -0.504. The lowest BCUT2D eigenvalue weighted by Crippen LogP contribution is -2.69. The molecule has 1 aliphatic heterocycles. The maximum absolute atomic E-state index is 5.28. The smallest absolute Gasteiger partial charge is 0.129 e. The number of rotatable bonds is 2. The van der Waals surface area contributed by atoms with Crippen LogP contribution >= 0.6 is 0 Å². The Morgan fingerprint density at radius 2 is 2.14 bits per heavy atom. The highest BCUT2D eigenvalue weighted by atomic mass is 16.5. The van der Waals surface area contributed by atoms with Crippen molar-refractivity contribution in [1.29, 1.82) is 0 Å². The summed E-state index contributed by atoms with van der Waals surface area (Å²) < 4.78 is 5.28. The summed E-state index contributed by atoms with van der Waals surface area (Å²) in [6.07, 6.45) is 1.85. The molecule has 0 aliphatic carbocycles. The Morgan fingerprint density at radius 1 is 1.36 bits per heavy atom. The van der Waals surface area contributed by atoms with E-state index in [1.807, 2.05) is 18.3 Å². The molecule has 76 valence electrons. The van der Waals surface area contributed by atoms with Crippen LogP contribution in [-0.2, 0) is 4.74 Å². The molecule has 0 amide bonds. The van der Waals surface area contributed by atoms with Crippen LogP contribution in [0.4, 0.5) is 11.5 Å². The summed E-state index contributed by atoms with van der Waals surface area (Å²) >= 11 is 0. The van der Waals surface area contributed by atoms with E-state index in [9.17, 15) is 0 Å². The normalized spacial score (nSPS) is 17.1. The second kappa shape index (κ2) is 4.39. The molecule has 2 N–H and O–H groups in total. The standard InChI is InChI=1S/C10H15N3O/c1-11-9-2-3-10(12-8-9)13-4-6-14-7-5-13/h2-3,8H,1,4-7,11H2. The molecule has 1 fully saturated rings. The van der Waals surface area contributed by atoms with Gasteiger partial charge in [0.2, 0.25) is 0 Å². The number of hydrogen-bond acceptors (Lipinski definition) is 3. The van der Waals surface area contributed by atoms with Crippen molar-refractivity contribution in [3.8, 4) is 0 Å². The molecule has 0 saturated carbocycles. The van der Waals surface area contributed by atoms with Crippen molar-refractivity contribution >= 4 is 11.5 Å². The van der Waals surface area contributed by atoms with Gasteiger partial charge < -0.3 is 15.0 Å². The van der Waals surface area contributed by atoms with Gasteiger partial charge in [-0.2, -0.15) is 0 Å². The van der Waals surface area contributed by atoms with Gasteiger partial charge in [-0.25, -0.2) is 4.98 Å². The van der Waals surface area contributed by atoms with Crippen molar-refractivity contribution in [3.63, 3.8) is 0 Å².